The number of carboxylic acids is 1. The van der Waals surface area contributed by atoms with Gasteiger partial charge >= 0.3 is 12.0 Å². The third-order valence-electron chi connectivity index (χ3n) is 3.02. The number of rotatable bonds is 3. The number of carboxylic acid groups (broad SMARTS) is 1. The number of amides is 2. The minimum absolute atomic E-state index is 0.355. The molecule has 6 heteroatoms. The second kappa shape index (κ2) is 6.27. The minimum Gasteiger partial charge on any atom is -0.480 e. The Morgan fingerprint density at radius 1 is 1.33 bits per heavy atom. The van der Waals surface area contributed by atoms with Crippen molar-refractivity contribution >= 4 is 17.7 Å². The van der Waals surface area contributed by atoms with Crippen molar-refractivity contribution in [1.82, 2.24) is 5.32 Å². The van der Waals surface area contributed by atoms with Crippen LogP contribution in [0.5, 0.6) is 0 Å². The van der Waals surface area contributed by atoms with Crippen molar-refractivity contribution in [1.29, 1.82) is 5.26 Å². The van der Waals surface area contributed by atoms with Gasteiger partial charge in [0.1, 0.15) is 12.1 Å². The van der Waals surface area contributed by atoms with E-state index in [-0.39, 0.29) is 0 Å². The van der Waals surface area contributed by atoms with Crippen molar-refractivity contribution in [2.75, 3.05) is 5.32 Å². The van der Waals surface area contributed by atoms with Crippen LogP contribution in [0.15, 0.2) is 18.2 Å². The zero-order valence-electron chi connectivity index (χ0n) is 12.5. The molecule has 1 atom stereocenters. The standard InChI is InChI=1S/C15H19N3O3/c1-9-6-5-7-11(10(9)8-16)17-14(21)18-12(13(19)20)15(2,3)4/h5-7,12H,1-4H3,(H,19,20)(H2,17,18,21)/t12-/m1/s1. The maximum absolute atomic E-state index is 12.0. The highest BCUT2D eigenvalue weighted by molar-refractivity contribution is 5.93. The van der Waals surface area contributed by atoms with E-state index in [1.54, 1.807) is 45.9 Å². The van der Waals surface area contributed by atoms with E-state index in [1.165, 1.54) is 0 Å². The summed E-state index contributed by atoms with van der Waals surface area (Å²) >= 11 is 0. The first kappa shape index (κ1) is 16.5. The van der Waals surface area contributed by atoms with E-state index < -0.39 is 23.5 Å². The van der Waals surface area contributed by atoms with Crippen LogP contribution >= 0.6 is 0 Å². The third-order valence-corrected chi connectivity index (χ3v) is 3.02. The molecule has 0 saturated carbocycles. The topological polar surface area (TPSA) is 102 Å². The van der Waals surface area contributed by atoms with Gasteiger partial charge in [-0.15, -0.1) is 0 Å². The lowest BCUT2D eigenvalue weighted by atomic mass is 9.87. The molecule has 0 heterocycles. The highest BCUT2D eigenvalue weighted by Crippen LogP contribution is 2.21. The summed E-state index contributed by atoms with van der Waals surface area (Å²) in [4.78, 5) is 23.2. The smallest absolute Gasteiger partial charge is 0.326 e. The number of benzene rings is 1. The number of anilines is 1. The Hall–Kier alpha value is -2.55. The van der Waals surface area contributed by atoms with Gasteiger partial charge in [-0.3, -0.25) is 0 Å². The molecule has 0 radical (unpaired) electrons. The summed E-state index contributed by atoms with van der Waals surface area (Å²) in [6, 6.07) is 5.40. The SMILES string of the molecule is Cc1cccc(NC(=O)N[C@H](C(=O)O)C(C)(C)C)c1C#N. The second-order valence-corrected chi connectivity index (χ2v) is 5.85. The van der Waals surface area contributed by atoms with Gasteiger partial charge in [0, 0.05) is 0 Å². The minimum atomic E-state index is -1.11. The fourth-order valence-corrected chi connectivity index (χ4v) is 1.86. The molecule has 1 rings (SSSR count). The van der Waals surface area contributed by atoms with Crippen molar-refractivity contribution < 1.29 is 14.7 Å². The second-order valence-electron chi connectivity index (χ2n) is 5.85. The molecule has 0 aliphatic rings. The Morgan fingerprint density at radius 2 is 1.95 bits per heavy atom. The monoisotopic (exact) mass is 289 g/mol. The Morgan fingerprint density at radius 3 is 2.43 bits per heavy atom. The van der Waals surface area contributed by atoms with Gasteiger partial charge in [-0.1, -0.05) is 32.9 Å². The lowest BCUT2D eigenvalue weighted by molar-refractivity contribution is -0.141. The quantitative estimate of drug-likeness (QED) is 0.795. The number of urea groups is 1. The molecule has 112 valence electrons. The number of hydrogen-bond acceptors (Lipinski definition) is 3. The fraction of sp³-hybridized carbons (Fsp3) is 0.400. The van der Waals surface area contributed by atoms with Gasteiger partial charge in [0.15, 0.2) is 0 Å². The summed E-state index contributed by atoms with van der Waals surface area (Å²) < 4.78 is 0. The molecule has 0 unspecified atom stereocenters. The molecule has 0 aliphatic heterocycles. The number of carbonyl (C=O) groups excluding carboxylic acids is 1. The molecule has 0 aromatic heterocycles. The zero-order chi connectivity index (χ0) is 16.2. The van der Waals surface area contributed by atoms with E-state index in [4.69, 9.17) is 5.26 Å². The van der Waals surface area contributed by atoms with Crippen molar-refractivity contribution in [3.05, 3.63) is 29.3 Å². The Balaban J connectivity index is 2.91. The summed E-state index contributed by atoms with van der Waals surface area (Å²) in [7, 11) is 0. The molecule has 0 saturated heterocycles. The Labute approximate surface area is 123 Å². The van der Waals surface area contributed by atoms with Crippen molar-refractivity contribution in [2.45, 2.75) is 33.7 Å². The fourth-order valence-electron chi connectivity index (χ4n) is 1.86. The summed E-state index contributed by atoms with van der Waals surface area (Å²) in [6.07, 6.45) is 0. The lowest BCUT2D eigenvalue weighted by Gasteiger charge is -2.27. The molecule has 0 aliphatic carbocycles. The van der Waals surface area contributed by atoms with Crippen LogP contribution in [0.3, 0.4) is 0 Å². The molecule has 2 amide bonds. The van der Waals surface area contributed by atoms with Gasteiger partial charge in [0.05, 0.1) is 11.3 Å². The highest BCUT2D eigenvalue weighted by Gasteiger charge is 2.32. The number of nitrogens with one attached hydrogen (secondary N) is 2. The van der Waals surface area contributed by atoms with E-state index in [1.807, 2.05) is 6.07 Å². The van der Waals surface area contributed by atoms with Gasteiger partial charge in [0.2, 0.25) is 0 Å². The predicted octanol–water partition coefficient (Wildman–Crippen LogP) is 2.49. The lowest BCUT2D eigenvalue weighted by Crippen LogP contribution is -2.50. The molecule has 0 fully saturated rings. The molecule has 1 aromatic carbocycles. The number of aryl methyl sites for hydroxylation is 1. The number of nitrogens with zero attached hydrogens (tertiary/aromatic N) is 1. The van der Waals surface area contributed by atoms with Crippen LogP contribution in [0.4, 0.5) is 10.5 Å². The van der Waals surface area contributed by atoms with Crippen molar-refractivity contribution in [3.63, 3.8) is 0 Å². The molecule has 0 spiro atoms. The third kappa shape index (κ3) is 4.21. The maximum Gasteiger partial charge on any atom is 0.326 e. The van der Waals surface area contributed by atoms with Gasteiger partial charge in [-0.2, -0.15) is 5.26 Å². The highest BCUT2D eigenvalue weighted by atomic mass is 16.4. The number of carbonyl (C=O) groups is 2. The molecule has 3 N–H and O–H groups in total. The van der Waals surface area contributed by atoms with Crippen molar-refractivity contribution in [2.24, 2.45) is 5.41 Å². The van der Waals surface area contributed by atoms with Crippen LogP contribution in [0.25, 0.3) is 0 Å². The molecule has 0 bridgehead atoms. The van der Waals surface area contributed by atoms with E-state index in [9.17, 15) is 14.7 Å². The van der Waals surface area contributed by atoms with Gasteiger partial charge in [0.25, 0.3) is 0 Å². The van der Waals surface area contributed by atoms with Gasteiger partial charge in [-0.25, -0.2) is 9.59 Å². The van der Waals surface area contributed by atoms with Crippen LogP contribution in [-0.2, 0) is 4.79 Å². The maximum atomic E-state index is 12.0. The molecule has 6 nitrogen and oxygen atoms in total. The molecular formula is C15H19N3O3. The zero-order valence-corrected chi connectivity index (χ0v) is 12.5. The first-order valence-corrected chi connectivity index (χ1v) is 6.47. The van der Waals surface area contributed by atoms with E-state index in [0.29, 0.717) is 11.3 Å². The molecular weight excluding hydrogens is 270 g/mol. The average Bonchev–Trinajstić information content (AvgIpc) is 2.34. The van der Waals surface area contributed by atoms with Gasteiger partial charge < -0.3 is 15.7 Å². The summed E-state index contributed by atoms with van der Waals surface area (Å²) in [6.45, 7) is 6.93. The first-order chi connectivity index (χ1) is 9.66. The normalized spacial score (nSPS) is 12.1. The van der Waals surface area contributed by atoms with E-state index >= 15 is 0 Å². The number of nitriles is 1. The van der Waals surface area contributed by atoms with Crippen molar-refractivity contribution in [3.8, 4) is 6.07 Å². The van der Waals surface area contributed by atoms with Crippen LogP contribution in [0.2, 0.25) is 0 Å². The van der Waals surface area contributed by atoms with E-state index in [0.717, 1.165) is 5.56 Å². The summed E-state index contributed by atoms with van der Waals surface area (Å²) in [5.74, 6) is -1.11. The summed E-state index contributed by atoms with van der Waals surface area (Å²) in [5, 5.41) is 23.2. The van der Waals surface area contributed by atoms with E-state index in [2.05, 4.69) is 10.6 Å². The van der Waals surface area contributed by atoms with Gasteiger partial charge in [-0.05, 0) is 24.0 Å². The number of hydrogen-bond donors (Lipinski definition) is 3. The molecule has 1 aromatic rings. The van der Waals surface area contributed by atoms with Crippen LogP contribution in [0.1, 0.15) is 31.9 Å². The average molecular weight is 289 g/mol. The Bertz CT molecular complexity index is 597. The van der Waals surface area contributed by atoms with Crippen LogP contribution in [0, 0.1) is 23.7 Å². The van der Waals surface area contributed by atoms with Crippen LogP contribution < -0.4 is 10.6 Å². The number of aliphatic carboxylic acids is 1. The summed E-state index contributed by atoms with van der Waals surface area (Å²) in [5.41, 5.74) is 0.817. The molecule has 21 heavy (non-hydrogen) atoms. The van der Waals surface area contributed by atoms with Crippen LogP contribution in [-0.4, -0.2) is 23.1 Å². The Kier molecular flexibility index (Phi) is 4.93. The largest absolute Gasteiger partial charge is 0.480 e. The predicted molar refractivity (Wildman–Crippen MR) is 78.9 cm³/mol. The first-order valence-electron chi connectivity index (χ1n) is 6.47.